The lowest BCUT2D eigenvalue weighted by Gasteiger charge is -2.21. The van der Waals surface area contributed by atoms with Crippen molar-refractivity contribution in [1.82, 2.24) is 4.90 Å². The van der Waals surface area contributed by atoms with Crippen LogP contribution in [0.1, 0.15) is 37.3 Å². The molecule has 1 amide bonds. The Hall–Kier alpha value is -2.10. The molecule has 1 aromatic carbocycles. The molecular weight excluding hydrogens is 266 g/mol. The SMILES string of the molecule is CC1CCC(=O)N(Cc2ccccc2C=CC(=O)O)CC1. The Morgan fingerprint density at radius 3 is 2.90 bits per heavy atom. The van der Waals surface area contributed by atoms with Crippen LogP contribution in [0.4, 0.5) is 0 Å². The number of likely N-dealkylation sites (tertiary alicyclic amines) is 1. The van der Waals surface area contributed by atoms with E-state index in [1.807, 2.05) is 29.2 Å². The van der Waals surface area contributed by atoms with Gasteiger partial charge in [-0.25, -0.2) is 4.79 Å². The minimum atomic E-state index is -0.968. The van der Waals surface area contributed by atoms with E-state index in [0.29, 0.717) is 18.9 Å². The lowest BCUT2D eigenvalue weighted by Crippen LogP contribution is -2.30. The van der Waals surface area contributed by atoms with Gasteiger partial charge in [0.25, 0.3) is 0 Å². The number of carbonyl (C=O) groups excluding carboxylic acids is 1. The molecule has 0 saturated carbocycles. The fourth-order valence-electron chi connectivity index (χ4n) is 2.55. The van der Waals surface area contributed by atoms with Gasteiger partial charge < -0.3 is 10.0 Å². The largest absolute Gasteiger partial charge is 0.478 e. The molecule has 1 aliphatic heterocycles. The highest BCUT2D eigenvalue weighted by atomic mass is 16.4. The molecule has 21 heavy (non-hydrogen) atoms. The summed E-state index contributed by atoms with van der Waals surface area (Å²) in [7, 11) is 0. The summed E-state index contributed by atoms with van der Waals surface area (Å²) < 4.78 is 0. The molecule has 0 aliphatic carbocycles. The molecule has 1 unspecified atom stereocenters. The smallest absolute Gasteiger partial charge is 0.328 e. The van der Waals surface area contributed by atoms with E-state index in [-0.39, 0.29) is 5.91 Å². The average Bonchev–Trinajstić information content (AvgIpc) is 2.62. The van der Waals surface area contributed by atoms with Gasteiger partial charge in [-0.3, -0.25) is 4.79 Å². The molecular formula is C17H21NO3. The monoisotopic (exact) mass is 287 g/mol. The molecule has 2 rings (SSSR count). The maximum Gasteiger partial charge on any atom is 0.328 e. The number of carbonyl (C=O) groups is 2. The fourth-order valence-corrected chi connectivity index (χ4v) is 2.55. The van der Waals surface area contributed by atoms with E-state index in [0.717, 1.165) is 36.6 Å². The molecule has 4 heteroatoms. The average molecular weight is 287 g/mol. The van der Waals surface area contributed by atoms with Gasteiger partial charge >= 0.3 is 5.97 Å². The first kappa shape index (κ1) is 15.3. The summed E-state index contributed by atoms with van der Waals surface area (Å²) in [4.78, 5) is 24.7. The number of rotatable bonds is 4. The number of carboxylic acids is 1. The second-order valence-corrected chi connectivity index (χ2v) is 5.62. The number of hydrogen-bond donors (Lipinski definition) is 1. The van der Waals surface area contributed by atoms with E-state index in [1.54, 1.807) is 6.08 Å². The highest BCUT2D eigenvalue weighted by Crippen LogP contribution is 2.21. The van der Waals surface area contributed by atoms with Crippen LogP contribution in [0.15, 0.2) is 30.3 Å². The third-order valence-corrected chi connectivity index (χ3v) is 3.92. The molecule has 1 heterocycles. The van der Waals surface area contributed by atoms with Crippen LogP contribution in [-0.2, 0) is 16.1 Å². The topological polar surface area (TPSA) is 57.6 Å². The predicted octanol–water partition coefficient (Wildman–Crippen LogP) is 2.93. The first-order valence-electron chi connectivity index (χ1n) is 7.33. The minimum Gasteiger partial charge on any atom is -0.478 e. The van der Waals surface area contributed by atoms with E-state index in [1.165, 1.54) is 0 Å². The van der Waals surface area contributed by atoms with E-state index in [9.17, 15) is 9.59 Å². The summed E-state index contributed by atoms with van der Waals surface area (Å²) in [6, 6.07) is 7.61. The Labute approximate surface area is 125 Å². The molecule has 1 atom stereocenters. The molecule has 1 saturated heterocycles. The van der Waals surface area contributed by atoms with Gasteiger partial charge in [0.05, 0.1) is 0 Å². The van der Waals surface area contributed by atoms with Crippen LogP contribution >= 0.6 is 0 Å². The third kappa shape index (κ3) is 4.45. The molecule has 1 aliphatic rings. The zero-order valence-corrected chi connectivity index (χ0v) is 12.3. The molecule has 0 radical (unpaired) electrons. The van der Waals surface area contributed by atoms with Gasteiger partial charge in [-0.1, -0.05) is 31.2 Å². The van der Waals surface area contributed by atoms with E-state index in [2.05, 4.69) is 6.92 Å². The van der Waals surface area contributed by atoms with Crippen LogP contribution in [0, 0.1) is 5.92 Å². The van der Waals surface area contributed by atoms with Crippen molar-refractivity contribution in [2.24, 2.45) is 5.92 Å². The number of amides is 1. The second-order valence-electron chi connectivity index (χ2n) is 5.62. The van der Waals surface area contributed by atoms with Gasteiger partial charge in [0.1, 0.15) is 0 Å². The molecule has 4 nitrogen and oxygen atoms in total. The van der Waals surface area contributed by atoms with Crippen molar-refractivity contribution in [3.8, 4) is 0 Å². The van der Waals surface area contributed by atoms with E-state index < -0.39 is 5.97 Å². The first-order valence-corrected chi connectivity index (χ1v) is 7.33. The molecule has 0 spiro atoms. The van der Waals surface area contributed by atoms with Crippen LogP contribution in [0.3, 0.4) is 0 Å². The highest BCUT2D eigenvalue weighted by Gasteiger charge is 2.20. The van der Waals surface area contributed by atoms with Gasteiger partial charge in [-0.2, -0.15) is 0 Å². The van der Waals surface area contributed by atoms with Crippen molar-refractivity contribution >= 4 is 18.0 Å². The summed E-state index contributed by atoms with van der Waals surface area (Å²) in [5.41, 5.74) is 1.84. The molecule has 1 N–H and O–H groups in total. The van der Waals surface area contributed by atoms with Crippen molar-refractivity contribution in [3.63, 3.8) is 0 Å². The van der Waals surface area contributed by atoms with Gasteiger partial charge in [-0.05, 0) is 36.0 Å². The lowest BCUT2D eigenvalue weighted by molar-refractivity contribution is -0.132. The quantitative estimate of drug-likeness (QED) is 0.866. The van der Waals surface area contributed by atoms with Crippen LogP contribution in [0.2, 0.25) is 0 Å². The Bertz CT molecular complexity index is 551. The van der Waals surface area contributed by atoms with E-state index in [4.69, 9.17) is 5.11 Å². The first-order chi connectivity index (χ1) is 10.1. The number of benzene rings is 1. The Morgan fingerprint density at radius 1 is 1.38 bits per heavy atom. The van der Waals surface area contributed by atoms with Crippen molar-refractivity contribution in [3.05, 3.63) is 41.5 Å². The molecule has 0 bridgehead atoms. The number of hydrogen-bond acceptors (Lipinski definition) is 2. The van der Waals surface area contributed by atoms with Crippen molar-refractivity contribution < 1.29 is 14.7 Å². The normalized spacial score (nSPS) is 19.8. The van der Waals surface area contributed by atoms with Crippen LogP contribution in [-0.4, -0.2) is 28.4 Å². The van der Waals surface area contributed by atoms with Crippen LogP contribution in [0.5, 0.6) is 0 Å². The third-order valence-electron chi connectivity index (χ3n) is 3.92. The standard InChI is InChI=1S/C17H21NO3/c1-13-6-8-16(19)18(11-10-13)12-15-5-3-2-4-14(15)7-9-17(20)21/h2-5,7,9,13H,6,8,10-12H2,1H3,(H,20,21). The highest BCUT2D eigenvalue weighted by molar-refractivity contribution is 5.85. The summed E-state index contributed by atoms with van der Waals surface area (Å²) in [6.45, 7) is 3.50. The summed E-state index contributed by atoms with van der Waals surface area (Å²) in [5.74, 6) is -0.193. The zero-order chi connectivity index (χ0) is 15.2. The summed E-state index contributed by atoms with van der Waals surface area (Å²) >= 11 is 0. The van der Waals surface area contributed by atoms with Crippen LogP contribution in [0.25, 0.3) is 6.08 Å². The lowest BCUT2D eigenvalue weighted by atomic mass is 10.0. The zero-order valence-electron chi connectivity index (χ0n) is 12.3. The molecule has 112 valence electrons. The Balaban J connectivity index is 2.15. The minimum absolute atomic E-state index is 0.191. The number of carboxylic acid groups (broad SMARTS) is 1. The van der Waals surface area contributed by atoms with Gasteiger partial charge in [0.2, 0.25) is 5.91 Å². The van der Waals surface area contributed by atoms with Crippen molar-refractivity contribution in [1.29, 1.82) is 0 Å². The van der Waals surface area contributed by atoms with Gasteiger partial charge in [-0.15, -0.1) is 0 Å². The predicted molar refractivity (Wildman–Crippen MR) is 81.5 cm³/mol. The fraction of sp³-hybridized carbons (Fsp3) is 0.412. The van der Waals surface area contributed by atoms with Crippen molar-refractivity contribution in [2.75, 3.05) is 6.54 Å². The Kier molecular flexibility index (Phi) is 5.14. The van der Waals surface area contributed by atoms with Gasteiger partial charge in [0.15, 0.2) is 0 Å². The second kappa shape index (κ2) is 7.07. The maximum atomic E-state index is 12.2. The molecule has 1 fully saturated rings. The molecule has 0 aromatic heterocycles. The summed E-state index contributed by atoms with van der Waals surface area (Å²) in [5, 5.41) is 8.74. The van der Waals surface area contributed by atoms with E-state index >= 15 is 0 Å². The Morgan fingerprint density at radius 2 is 2.14 bits per heavy atom. The number of nitrogens with zero attached hydrogens (tertiary/aromatic N) is 1. The van der Waals surface area contributed by atoms with Crippen molar-refractivity contribution in [2.45, 2.75) is 32.7 Å². The molecule has 1 aromatic rings. The summed E-state index contributed by atoms with van der Waals surface area (Å²) in [6.07, 6.45) is 5.30. The number of aliphatic carboxylic acids is 1. The maximum absolute atomic E-state index is 12.2. The van der Waals surface area contributed by atoms with Gasteiger partial charge in [0, 0.05) is 25.6 Å². The van der Waals surface area contributed by atoms with Crippen LogP contribution < -0.4 is 0 Å².